The lowest BCUT2D eigenvalue weighted by molar-refractivity contribution is 0.176. The van der Waals surface area contributed by atoms with E-state index < -0.39 is 0 Å². The van der Waals surface area contributed by atoms with Gasteiger partial charge in [-0.05, 0) is 54.1 Å². The van der Waals surface area contributed by atoms with E-state index >= 15 is 0 Å². The van der Waals surface area contributed by atoms with Crippen molar-refractivity contribution >= 4 is 29.9 Å². The summed E-state index contributed by atoms with van der Waals surface area (Å²) in [4.78, 5) is 6.98. The number of rotatable bonds is 8. The van der Waals surface area contributed by atoms with Crippen LogP contribution in [0.3, 0.4) is 0 Å². The van der Waals surface area contributed by atoms with Gasteiger partial charge in [-0.2, -0.15) is 0 Å². The molecule has 1 aliphatic rings. The van der Waals surface area contributed by atoms with E-state index in [0.29, 0.717) is 30.5 Å². The Labute approximate surface area is 203 Å². The minimum Gasteiger partial charge on any atom is -0.493 e. The number of hydrogen-bond donors (Lipinski definition) is 2. The van der Waals surface area contributed by atoms with Crippen LogP contribution in [-0.4, -0.2) is 38.2 Å². The number of ether oxygens (including phenoxy) is 2. The van der Waals surface area contributed by atoms with Crippen LogP contribution in [0.1, 0.15) is 36.5 Å². The first-order valence-electron chi connectivity index (χ1n) is 10.6. The van der Waals surface area contributed by atoms with Crippen molar-refractivity contribution in [3.8, 4) is 11.5 Å². The third kappa shape index (κ3) is 7.88. The van der Waals surface area contributed by atoms with E-state index in [9.17, 15) is 0 Å². The number of nitrogens with one attached hydrogen (secondary N) is 1. The molecule has 0 saturated carbocycles. The zero-order chi connectivity index (χ0) is 21.3. The summed E-state index contributed by atoms with van der Waals surface area (Å²) in [5.74, 6) is 2.63. The predicted molar refractivity (Wildman–Crippen MR) is 137 cm³/mol. The molecule has 3 rings (SSSR count). The van der Waals surface area contributed by atoms with Crippen LogP contribution >= 0.6 is 24.0 Å². The second kappa shape index (κ2) is 12.8. The fourth-order valence-corrected chi connectivity index (χ4v) is 3.85. The van der Waals surface area contributed by atoms with Crippen LogP contribution in [0.5, 0.6) is 11.5 Å². The molecule has 31 heavy (non-hydrogen) atoms. The van der Waals surface area contributed by atoms with Crippen LogP contribution < -0.4 is 20.5 Å². The minimum atomic E-state index is 0. The molecular formula is C24H35IN4O2. The fraction of sp³-hybridized carbons (Fsp3) is 0.458. The first kappa shape index (κ1) is 25.3. The maximum absolute atomic E-state index is 6.04. The average Bonchev–Trinajstić information content (AvgIpc) is 2.77. The highest BCUT2D eigenvalue weighted by Gasteiger charge is 2.16. The monoisotopic (exact) mass is 538 g/mol. The summed E-state index contributed by atoms with van der Waals surface area (Å²) in [5, 5.41) is 3.19. The standard InChI is InChI=1S/C24H34N4O2.HI/c1-18-5-4-12-28(16-18)17-20-8-6-19(7-9-20)14-26-24(25)27-15-21-10-11-22(29-2)23(13-21)30-3;/h6-11,13,18H,4-5,12,14-17H2,1-3H3,(H3,25,26,27);1H. The van der Waals surface area contributed by atoms with Crippen LogP contribution in [0.2, 0.25) is 0 Å². The summed E-state index contributed by atoms with van der Waals surface area (Å²) in [6, 6.07) is 14.5. The van der Waals surface area contributed by atoms with Gasteiger partial charge in [-0.15, -0.1) is 24.0 Å². The van der Waals surface area contributed by atoms with Crippen molar-refractivity contribution in [2.75, 3.05) is 27.3 Å². The quantitative estimate of drug-likeness (QED) is 0.300. The Morgan fingerprint density at radius 2 is 1.74 bits per heavy atom. The molecule has 1 aliphatic heterocycles. The molecule has 170 valence electrons. The number of hydrogen-bond acceptors (Lipinski definition) is 4. The maximum atomic E-state index is 6.04. The molecular weight excluding hydrogens is 503 g/mol. The summed E-state index contributed by atoms with van der Waals surface area (Å²) >= 11 is 0. The number of methoxy groups -OCH3 is 2. The van der Waals surface area contributed by atoms with Gasteiger partial charge in [0, 0.05) is 19.6 Å². The van der Waals surface area contributed by atoms with Crippen molar-refractivity contribution in [2.45, 2.75) is 39.4 Å². The third-order valence-corrected chi connectivity index (χ3v) is 5.52. The summed E-state index contributed by atoms with van der Waals surface area (Å²) in [6.07, 6.45) is 2.67. The van der Waals surface area contributed by atoms with E-state index in [1.165, 1.54) is 37.1 Å². The number of nitrogens with zero attached hydrogens (tertiary/aromatic N) is 2. The first-order valence-corrected chi connectivity index (χ1v) is 10.6. The van der Waals surface area contributed by atoms with Crippen molar-refractivity contribution in [1.29, 1.82) is 0 Å². The highest BCUT2D eigenvalue weighted by Crippen LogP contribution is 2.27. The van der Waals surface area contributed by atoms with Crippen LogP contribution in [-0.2, 0) is 19.6 Å². The Hall–Kier alpha value is -2.00. The number of aliphatic imine (C=N–C) groups is 1. The predicted octanol–water partition coefficient (Wildman–Crippen LogP) is 4.16. The lowest BCUT2D eigenvalue weighted by Crippen LogP contribution is -2.33. The van der Waals surface area contributed by atoms with Crippen LogP contribution in [0.4, 0.5) is 0 Å². The molecule has 1 saturated heterocycles. The minimum absolute atomic E-state index is 0. The molecule has 3 N–H and O–H groups in total. The number of nitrogens with two attached hydrogens (primary N) is 1. The number of halogens is 1. The zero-order valence-corrected chi connectivity index (χ0v) is 21.1. The van der Waals surface area contributed by atoms with Crippen LogP contribution in [0.15, 0.2) is 47.5 Å². The van der Waals surface area contributed by atoms with E-state index in [0.717, 1.165) is 18.0 Å². The average molecular weight is 538 g/mol. The van der Waals surface area contributed by atoms with E-state index in [-0.39, 0.29) is 24.0 Å². The summed E-state index contributed by atoms with van der Waals surface area (Å²) in [5.41, 5.74) is 9.60. The third-order valence-electron chi connectivity index (χ3n) is 5.52. The maximum Gasteiger partial charge on any atom is 0.189 e. The summed E-state index contributed by atoms with van der Waals surface area (Å²) < 4.78 is 10.6. The lowest BCUT2D eigenvalue weighted by atomic mass is 9.99. The fourth-order valence-electron chi connectivity index (χ4n) is 3.85. The van der Waals surface area contributed by atoms with Gasteiger partial charge in [-0.25, -0.2) is 4.99 Å². The van der Waals surface area contributed by atoms with Gasteiger partial charge in [0.2, 0.25) is 0 Å². The molecule has 0 aliphatic carbocycles. The second-order valence-electron chi connectivity index (χ2n) is 8.04. The Morgan fingerprint density at radius 3 is 2.42 bits per heavy atom. The van der Waals surface area contributed by atoms with E-state index in [1.807, 2.05) is 18.2 Å². The lowest BCUT2D eigenvalue weighted by Gasteiger charge is -2.30. The topological polar surface area (TPSA) is 72.1 Å². The molecule has 1 fully saturated rings. The second-order valence-corrected chi connectivity index (χ2v) is 8.04. The summed E-state index contributed by atoms with van der Waals surface area (Å²) in [6.45, 7) is 6.93. The van der Waals surface area contributed by atoms with Crippen molar-refractivity contribution < 1.29 is 9.47 Å². The molecule has 7 heteroatoms. The van der Waals surface area contributed by atoms with Crippen LogP contribution in [0, 0.1) is 5.92 Å². The molecule has 6 nitrogen and oxygen atoms in total. The van der Waals surface area contributed by atoms with Crippen molar-refractivity contribution in [3.05, 3.63) is 59.2 Å². The molecule has 1 heterocycles. The van der Waals surface area contributed by atoms with Gasteiger partial charge >= 0.3 is 0 Å². The smallest absolute Gasteiger partial charge is 0.189 e. The normalized spacial score (nSPS) is 17.0. The van der Waals surface area contributed by atoms with Gasteiger partial charge in [0.05, 0.1) is 20.8 Å². The molecule has 0 radical (unpaired) electrons. The molecule has 1 unspecified atom stereocenters. The van der Waals surface area contributed by atoms with Gasteiger partial charge in [0.1, 0.15) is 0 Å². The Bertz CT molecular complexity index is 842. The first-order chi connectivity index (χ1) is 14.6. The van der Waals surface area contributed by atoms with Gasteiger partial charge in [0.25, 0.3) is 0 Å². The van der Waals surface area contributed by atoms with E-state index in [1.54, 1.807) is 14.2 Å². The number of guanidine groups is 1. The van der Waals surface area contributed by atoms with Crippen molar-refractivity contribution in [2.24, 2.45) is 16.6 Å². The van der Waals surface area contributed by atoms with Gasteiger partial charge in [-0.1, -0.05) is 37.3 Å². The molecule has 0 amide bonds. The molecule has 2 aromatic rings. The molecule has 1 atom stereocenters. The van der Waals surface area contributed by atoms with Gasteiger partial charge < -0.3 is 20.5 Å². The molecule has 2 aromatic carbocycles. The van der Waals surface area contributed by atoms with Gasteiger partial charge in [0.15, 0.2) is 17.5 Å². The van der Waals surface area contributed by atoms with E-state index in [2.05, 4.69) is 46.4 Å². The number of piperidine rings is 1. The summed E-state index contributed by atoms with van der Waals surface area (Å²) in [7, 11) is 3.25. The Kier molecular flexibility index (Phi) is 10.4. The number of benzene rings is 2. The van der Waals surface area contributed by atoms with Crippen molar-refractivity contribution in [1.82, 2.24) is 10.2 Å². The Balaban J connectivity index is 0.00000341. The van der Waals surface area contributed by atoms with Crippen molar-refractivity contribution in [3.63, 3.8) is 0 Å². The number of likely N-dealkylation sites (tertiary alicyclic amines) is 1. The highest BCUT2D eigenvalue weighted by atomic mass is 127. The molecule has 0 spiro atoms. The zero-order valence-electron chi connectivity index (χ0n) is 18.8. The van der Waals surface area contributed by atoms with E-state index in [4.69, 9.17) is 15.2 Å². The molecule has 0 aromatic heterocycles. The highest BCUT2D eigenvalue weighted by molar-refractivity contribution is 14.0. The molecule has 0 bridgehead atoms. The largest absolute Gasteiger partial charge is 0.493 e. The van der Waals surface area contributed by atoms with Crippen LogP contribution in [0.25, 0.3) is 0 Å². The Morgan fingerprint density at radius 1 is 1.06 bits per heavy atom. The van der Waals surface area contributed by atoms with Gasteiger partial charge in [-0.3, -0.25) is 4.90 Å². The SMILES string of the molecule is COc1ccc(CN=C(N)NCc2ccc(CN3CCCC(C)C3)cc2)cc1OC.I.